The van der Waals surface area contributed by atoms with E-state index >= 15 is 0 Å². The normalized spacial score (nSPS) is 17.4. The van der Waals surface area contributed by atoms with Crippen molar-refractivity contribution in [1.82, 2.24) is 5.32 Å². The molecule has 1 amide bonds. The Kier molecular flexibility index (Phi) is 5.21. The van der Waals surface area contributed by atoms with Gasteiger partial charge in [-0.25, -0.2) is 0 Å². The first-order valence-electron chi connectivity index (χ1n) is 6.98. The highest BCUT2D eigenvalue weighted by Crippen LogP contribution is 2.24. The van der Waals surface area contributed by atoms with E-state index in [1.54, 1.807) is 0 Å². The van der Waals surface area contributed by atoms with E-state index < -0.39 is 0 Å². The van der Waals surface area contributed by atoms with E-state index in [9.17, 15) is 4.79 Å². The van der Waals surface area contributed by atoms with Crippen molar-refractivity contribution in [1.29, 1.82) is 0 Å². The molecular weight excluding hydrogens is 240 g/mol. The molecule has 1 atom stereocenters. The minimum Gasteiger partial charge on any atom is -0.384 e. The number of carbonyl (C=O) groups excluding carboxylic acids is 1. The van der Waals surface area contributed by atoms with Crippen LogP contribution >= 0.6 is 0 Å². The number of nitrogens with one attached hydrogen (secondary N) is 2. The van der Waals surface area contributed by atoms with Gasteiger partial charge in [-0.3, -0.25) is 4.79 Å². The summed E-state index contributed by atoms with van der Waals surface area (Å²) < 4.78 is 5.24. The topological polar surface area (TPSA) is 50.4 Å². The van der Waals surface area contributed by atoms with Crippen LogP contribution in [0.3, 0.4) is 0 Å². The van der Waals surface area contributed by atoms with Gasteiger partial charge < -0.3 is 15.4 Å². The third-order valence-electron chi connectivity index (χ3n) is 3.36. The summed E-state index contributed by atoms with van der Waals surface area (Å²) in [6.45, 7) is 4.83. The van der Waals surface area contributed by atoms with Crippen LogP contribution in [0.5, 0.6) is 0 Å². The van der Waals surface area contributed by atoms with Gasteiger partial charge in [-0.2, -0.15) is 0 Å². The van der Waals surface area contributed by atoms with Gasteiger partial charge in [-0.1, -0.05) is 18.2 Å². The summed E-state index contributed by atoms with van der Waals surface area (Å²) in [7, 11) is 0. The third kappa shape index (κ3) is 3.96. The molecule has 4 heteroatoms. The molecule has 0 saturated heterocycles. The van der Waals surface area contributed by atoms with Crippen LogP contribution in [0.15, 0.2) is 24.3 Å². The fourth-order valence-corrected chi connectivity index (χ4v) is 2.30. The lowest BCUT2D eigenvalue weighted by atomic mass is 9.93. The van der Waals surface area contributed by atoms with Gasteiger partial charge in [0.25, 0.3) is 0 Å². The van der Waals surface area contributed by atoms with Crippen LogP contribution in [0.2, 0.25) is 0 Å². The van der Waals surface area contributed by atoms with E-state index in [1.807, 2.05) is 19.1 Å². The number of para-hydroxylation sites is 1. The molecule has 0 aromatic heterocycles. The fourth-order valence-electron chi connectivity index (χ4n) is 2.30. The number of fused-ring (bicyclic) bond motifs is 1. The molecule has 1 aromatic rings. The maximum atomic E-state index is 12.0. The fraction of sp³-hybridized carbons (Fsp3) is 0.533. The van der Waals surface area contributed by atoms with Crippen molar-refractivity contribution in [3.8, 4) is 0 Å². The average Bonchev–Trinajstić information content (AvgIpc) is 2.46. The first-order chi connectivity index (χ1) is 9.31. The summed E-state index contributed by atoms with van der Waals surface area (Å²) in [5.74, 6) is 0.167. The molecule has 1 heterocycles. The highest BCUT2D eigenvalue weighted by atomic mass is 16.5. The number of rotatable bonds is 6. The van der Waals surface area contributed by atoms with Crippen LogP contribution in [0, 0.1) is 5.92 Å². The molecular formula is C15H22N2O2. The zero-order chi connectivity index (χ0) is 13.5. The Morgan fingerprint density at radius 3 is 3.16 bits per heavy atom. The lowest BCUT2D eigenvalue weighted by molar-refractivity contribution is -0.124. The number of hydrogen-bond donors (Lipinski definition) is 2. The number of hydrogen-bond acceptors (Lipinski definition) is 3. The van der Waals surface area contributed by atoms with Crippen molar-refractivity contribution >= 4 is 11.6 Å². The minimum absolute atomic E-state index is 0.0296. The first-order valence-corrected chi connectivity index (χ1v) is 6.98. The molecule has 0 saturated carbocycles. The van der Waals surface area contributed by atoms with Gasteiger partial charge in [0.15, 0.2) is 0 Å². The SMILES string of the molecule is CCOCCCNC(=O)C1CNc2ccccc2C1. The van der Waals surface area contributed by atoms with E-state index in [0.29, 0.717) is 19.7 Å². The Morgan fingerprint density at radius 2 is 2.32 bits per heavy atom. The molecule has 104 valence electrons. The molecule has 1 aliphatic heterocycles. The second-order valence-corrected chi connectivity index (χ2v) is 4.78. The van der Waals surface area contributed by atoms with Gasteiger partial charge in [-0.05, 0) is 31.4 Å². The molecule has 4 nitrogen and oxygen atoms in total. The molecule has 1 unspecified atom stereocenters. The molecule has 1 aliphatic rings. The smallest absolute Gasteiger partial charge is 0.225 e. The predicted octanol–water partition coefficient (Wildman–Crippen LogP) is 1.81. The predicted molar refractivity (Wildman–Crippen MR) is 76.2 cm³/mol. The van der Waals surface area contributed by atoms with Gasteiger partial charge in [0.2, 0.25) is 5.91 Å². The van der Waals surface area contributed by atoms with Crippen molar-refractivity contribution in [2.24, 2.45) is 5.92 Å². The summed E-state index contributed by atoms with van der Waals surface area (Å²) in [6.07, 6.45) is 1.69. The molecule has 0 aliphatic carbocycles. The number of amides is 1. The van der Waals surface area contributed by atoms with E-state index in [0.717, 1.165) is 25.1 Å². The van der Waals surface area contributed by atoms with Gasteiger partial charge >= 0.3 is 0 Å². The second kappa shape index (κ2) is 7.14. The molecule has 0 radical (unpaired) electrons. The second-order valence-electron chi connectivity index (χ2n) is 4.78. The van der Waals surface area contributed by atoms with E-state index in [1.165, 1.54) is 5.56 Å². The molecule has 0 fully saturated rings. The van der Waals surface area contributed by atoms with Gasteiger partial charge in [0.05, 0.1) is 5.92 Å². The Hall–Kier alpha value is -1.55. The first kappa shape index (κ1) is 13.9. The molecule has 0 bridgehead atoms. The number of anilines is 1. The van der Waals surface area contributed by atoms with Crippen LogP contribution in [0.4, 0.5) is 5.69 Å². The summed E-state index contributed by atoms with van der Waals surface area (Å²) in [5.41, 5.74) is 2.38. The average molecular weight is 262 g/mol. The Morgan fingerprint density at radius 1 is 1.47 bits per heavy atom. The number of carbonyl (C=O) groups is 1. The summed E-state index contributed by atoms with van der Waals surface area (Å²) in [5, 5.41) is 6.30. The molecule has 1 aromatic carbocycles. The minimum atomic E-state index is 0.0296. The maximum absolute atomic E-state index is 12.0. The lowest BCUT2D eigenvalue weighted by Gasteiger charge is -2.25. The van der Waals surface area contributed by atoms with Gasteiger partial charge in [-0.15, -0.1) is 0 Å². The summed E-state index contributed by atoms with van der Waals surface area (Å²) >= 11 is 0. The van der Waals surface area contributed by atoms with Crippen LogP contribution in [-0.4, -0.2) is 32.2 Å². The van der Waals surface area contributed by atoms with Crippen molar-refractivity contribution in [3.63, 3.8) is 0 Å². The quantitative estimate of drug-likeness (QED) is 0.769. The van der Waals surface area contributed by atoms with Crippen molar-refractivity contribution in [3.05, 3.63) is 29.8 Å². The Bertz CT molecular complexity index is 420. The molecule has 19 heavy (non-hydrogen) atoms. The summed E-state index contributed by atoms with van der Waals surface area (Å²) in [4.78, 5) is 12.0. The van der Waals surface area contributed by atoms with Crippen molar-refractivity contribution < 1.29 is 9.53 Å². The monoisotopic (exact) mass is 262 g/mol. The van der Waals surface area contributed by atoms with Gasteiger partial charge in [0, 0.05) is 32.0 Å². The third-order valence-corrected chi connectivity index (χ3v) is 3.36. The number of benzene rings is 1. The van der Waals surface area contributed by atoms with Crippen LogP contribution < -0.4 is 10.6 Å². The molecule has 2 N–H and O–H groups in total. The van der Waals surface area contributed by atoms with E-state index in [4.69, 9.17) is 4.74 Å². The Labute approximate surface area is 114 Å². The zero-order valence-electron chi connectivity index (χ0n) is 11.4. The Balaban J connectivity index is 1.76. The number of ether oxygens (including phenoxy) is 1. The molecule has 0 spiro atoms. The van der Waals surface area contributed by atoms with E-state index in [-0.39, 0.29) is 11.8 Å². The van der Waals surface area contributed by atoms with Crippen molar-refractivity contribution in [2.75, 3.05) is 31.6 Å². The highest BCUT2D eigenvalue weighted by molar-refractivity contribution is 5.80. The summed E-state index contributed by atoms with van der Waals surface area (Å²) in [6, 6.07) is 8.17. The lowest BCUT2D eigenvalue weighted by Crippen LogP contribution is -2.38. The van der Waals surface area contributed by atoms with Crippen LogP contribution in [0.25, 0.3) is 0 Å². The maximum Gasteiger partial charge on any atom is 0.225 e. The zero-order valence-corrected chi connectivity index (χ0v) is 11.4. The molecule has 2 rings (SSSR count). The van der Waals surface area contributed by atoms with Crippen LogP contribution in [0.1, 0.15) is 18.9 Å². The van der Waals surface area contributed by atoms with Crippen LogP contribution in [-0.2, 0) is 16.0 Å². The highest BCUT2D eigenvalue weighted by Gasteiger charge is 2.23. The van der Waals surface area contributed by atoms with Gasteiger partial charge in [0.1, 0.15) is 0 Å². The van der Waals surface area contributed by atoms with Crippen molar-refractivity contribution in [2.45, 2.75) is 19.8 Å². The van der Waals surface area contributed by atoms with E-state index in [2.05, 4.69) is 22.8 Å². The standard InChI is InChI=1S/C15H22N2O2/c1-2-19-9-5-8-16-15(18)13-10-12-6-3-4-7-14(12)17-11-13/h3-4,6-7,13,17H,2,5,8-11H2,1H3,(H,16,18). The largest absolute Gasteiger partial charge is 0.384 e.